The van der Waals surface area contributed by atoms with E-state index in [-0.39, 0.29) is 11.9 Å². The first-order valence-electron chi connectivity index (χ1n) is 11.1. The van der Waals surface area contributed by atoms with Crippen LogP contribution in [0.25, 0.3) is 0 Å². The van der Waals surface area contributed by atoms with Gasteiger partial charge < -0.3 is 20.9 Å². The minimum atomic E-state index is -0.216. The molecule has 4 N–H and O–H groups in total. The largest absolute Gasteiger partial charge is 0.372 e. The molecular weight excluding hydrogens is 457 g/mol. The summed E-state index contributed by atoms with van der Waals surface area (Å²) < 4.78 is 0. The standard InChI is InChI=1S/C25H31Cl2N5O/c1-16(30-22-10-5-4-7-19(22)24(28)32(2)3)29-15-17-11-13-18(14-12-17)31-25(33)23-20(26)8-6-9-21(23)27/h4-10,17-18,28-30H,1,11-15H2,2-3H3,(H,31,33). The summed E-state index contributed by atoms with van der Waals surface area (Å²) in [6.07, 6.45) is 3.82. The van der Waals surface area contributed by atoms with Crippen LogP contribution in [0.4, 0.5) is 5.69 Å². The Morgan fingerprint density at radius 3 is 2.33 bits per heavy atom. The van der Waals surface area contributed by atoms with E-state index in [2.05, 4.69) is 22.5 Å². The van der Waals surface area contributed by atoms with Gasteiger partial charge in [-0.1, -0.05) is 48.0 Å². The number of halogens is 2. The lowest BCUT2D eigenvalue weighted by Gasteiger charge is -2.30. The third kappa shape index (κ3) is 6.65. The molecule has 0 aromatic heterocycles. The van der Waals surface area contributed by atoms with E-state index in [9.17, 15) is 4.79 Å². The van der Waals surface area contributed by atoms with E-state index >= 15 is 0 Å². The normalized spacial score (nSPS) is 17.7. The van der Waals surface area contributed by atoms with E-state index in [1.807, 2.05) is 38.4 Å². The molecular formula is C25H31Cl2N5O. The molecule has 3 rings (SSSR count). The Morgan fingerprint density at radius 1 is 1.06 bits per heavy atom. The van der Waals surface area contributed by atoms with Crippen LogP contribution in [0.2, 0.25) is 10.0 Å². The lowest BCUT2D eigenvalue weighted by molar-refractivity contribution is 0.0922. The van der Waals surface area contributed by atoms with Gasteiger partial charge in [0.2, 0.25) is 0 Å². The molecule has 0 aliphatic heterocycles. The van der Waals surface area contributed by atoms with Crippen molar-refractivity contribution in [3.63, 3.8) is 0 Å². The number of benzene rings is 2. The summed E-state index contributed by atoms with van der Waals surface area (Å²) in [6, 6.07) is 12.9. The second-order valence-electron chi connectivity index (χ2n) is 8.56. The summed E-state index contributed by atoms with van der Waals surface area (Å²) in [6.45, 7) is 4.90. The number of rotatable bonds is 8. The minimum Gasteiger partial charge on any atom is -0.372 e. The monoisotopic (exact) mass is 487 g/mol. The topological polar surface area (TPSA) is 80.2 Å². The molecule has 1 saturated carbocycles. The van der Waals surface area contributed by atoms with E-state index in [0.717, 1.165) is 43.5 Å². The zero-order chi connectivity index (χ0) is 24.0. The molecule has 0 spiro atoms. The van der Waals surface area contributed by atoms with Gasteiger partial charge in [0, 0.05) is 32.2 Å². The number of amides is 1. The van der Waals surface area contributed by atoms with Crippen molar-refractivity contribution >= 4 is 40.6 Å². The molecule has 1 amide bonds. The van der Waals surface area contributed by atoms with Crippen LogP contribution < -0.4 is 16.0 Å². The van der Waals surface area contributed by atoms with Crippen LogP contribution in [-0.4, -0.2) is 43.3 Å². The van der Waals surface area contributed by atoms with Crippen LogP contribution in [-0.2, 0) is 0 Å². The summed E-state index contributed by atoms with van der Waals surface area (Å²) in [5, 5.41) is 18.8. The molecule has 2 aromatic rings. The second-order valence-corrected chi connectivity index (χ2v) is 9.38. The van der Waals surface area contributed by atoms with Crippen molar-refractivity contribution in [1.29, 1.82) is 5.41 Å². The maximum atomic E-state index is 12.6. The van der Waals surface area contributed by atoms with Crippen molar-refractivity contribution in [1.82, 2.24) is 15.5 Å². The Balaban J connectivity index is 1.45. The van der Waals surface area contributed by atoms with Gasteiger partial charge in [-0.2, -0.15) is 0 Å². The van der Waals surface area contributed by atoms with Crippen molar-refractivity contribution < 1.29 is 4.79 Å². The molecule has 8 heteroatoms. The highest BCUT2D eigenvalue weighted by atomic mass is 35.5. The van der Waals surface area contributed by atoms with E-state index in [0.29, 0.717) is 33.2 Å². The number of anilines is 1. The molecule has 0 radical (unpaired) electrons. The first-order chi connectivity index (χ1) is 15.8. The van der Waals surface area contributed by atoms with Crippen LogP contribution in [0.15, 0.2) is 54.9 Å². The molecule has 1 aliphatic rings. The Bertz CT molecular complexity index is 995. The molecule has 176 valence electrons. The number of carbonyl (C=O) groups is 1. The molecule has 0 saturated heterocycles. The smallest absolute Gasteiger partial charge is 0.254 e. The Labute approximate surface area is 205 Å². The predicted molar refractivity (Wildman–Crippen MR) is 137 cm³/mol. The average molecular weight is 488 g/mol. The molecule has 0 atom stereocenters. The molecule has 2 aromatic carbocycles. The number of amidine groups is 1. The van der Waals surface area contributed by atoms with Gasteiger partial charge in [0.25, 0.3) is 5.91 Å². The van der Waals surface area contributed by atoms with E-state index in [1.54, 1.807) is 23.1 Å². The summed E-state index contributed by atoms with van der Waals surface area (Å²) >= 11 is 12.3. The lowest BCUT2D eigenvalue weighted by atomic mass is 9.86. The van der Waals surface area contributed by atoms with E-state index in [4.69, 9.17) is 28.6 Å². The van der Waals surface area contributed by atoms with Crippen LogP contribution in [0.5, 0.6) is 0 Å². The van der Waals surface area contributed by atoms with Gasteiger partial charge in [0.15, 0.2) is 0 Å². The van der Waals surface area contributed by atoms with Crippen molar-refractivity contribution in [2.75, 3.05) is 26.0 Å². The summed E-state index contributed by atoms with van der Waals surface area (Å²) in [7, 11) is 3.71. The fraction of sp³-hybridized carbons (Fsp3) is 0.360. The van der Waals surface area contributed by atoms with Gasteiger partial charge in [-0.15, -0.1) is 0 Å². The van der Waals surface area contributed by atoms with Gasteiger partial charge in [0.1, 0.15) is 5.84 Å². The molecule has 1 fully saturated rings. The van der Waals surface area contributed by atoms with Crippen LogP contribution in [0.1, 0.15) is 41.6 Å². The van der Waals surface area contributed by atoms with E-state index in [1.165, 1.54) is 0 Å². The maximum absolute atomic E-state index is 12.6. The number of para-hydroxylation sites is 1. The highest BCUT2D eigenvalue weighted by molar-refractivity contribution is 6.39. The second kappa shape index (κ2) is 11.4. The highest BCUT2D eigenvalue weighted by Gasteiger charge is 2.24. The summed E-state index contributed by atoms with van der Waals surface area (Å²) in [5.74, 6) is 1.42. The average Bonchev–Trinajstić information content (AvgIpc) is 2.78. The van der Waals surface area contributed by atoms with Crippen LogP contribution in [0, 0.1) is 11.3 Å². The van der Waals surface area contributed by atoms with Gasteiger partial charge in [0.05, 0.1) is 27.1 Å². The maximum Gasteiger partial charge on any atom is 0.254 e. The van der Waals surface area contributed by atoms with Gasteiger partial charge in [-0.3, -0.25) is 10.2 Å². The van der Waals surface area contributed by atoms with E-state index < -0.39 is 0 Å². The van der Waals surface area contributed by atoms with Crippen molar-refractivity contribution in [3.05, 3.63) is 76.0 Å². The number of hydrogen-bond acceptors (Lipinski definition) is 4. The highest BCUT2D eigenvalue weighted by Crippen LogP contribution is 2.27. The van der Waals surface area contributed by atoms with Crippen LogP contribution in [0.3, 0.4) is 0 Å². The number of nitrogens with one attached hydrogen (secondary N) is 4. The molecule has 1 aliphatic carbocycles. The fourth-order valence-electron chi connectivity index (χ4n) is 4.00. The summed E-state index contributed by atoms with van der Waals surface area (Å²) in [5.41, 5.74) is 2.01. The Morgan fingerprint density at radius 2 is 1.70 bits per heavy atom. The summed E-state index contributed by atoms with van der Waals surface area (Å²) in [4.78, 5) is 14.4. The molecule has 33 heavy (non-hydrogen) atoms. The first kappa shape index (κ1) is 24.9. The minimum absolute atomic E-state index is 0.117. The lowest BCUT2D eigenvalue weighted by Crippen LogP contribution is -2.39. The number of nitrogens with zero attached hydrogens (tertiary/aromatic N) is 1. The van der Waals surface area contributed by atoms with Crippen molar-refractivity contribution in [3.8, 4) is 0 Å². The fourth-order valence-corrected chi connectivity index (χ4v) is 4.57. The quantitative estimate of drug-likeness (QED) is 0.299. The van der Waals surface area contributed by atoms with Crippen molar-refractivity contribution in [2.24, 2.45) is 5.92 Å². The molecule has 0 unspecified atom stereocenters. The van der Waals surface area contributed by atoms with Gasteiger partial charge in [-0.05, 0) is 55.9 Å². The predicted octanol–water partition coefficient (Wildman–Crippen LogP) is 5.34. The SMILES string of the molecule is C=C(NCC1CCC(NC(=O)c2c(Cl)cccc2Cl)CC1)Nc1ccccc1C(=N)N(C)C. The van der Waals surface area contributed by atoms with Crippen LogP contribution >= 0.6 is 23.2 Å². The first-order valence-corrected chi connectivity index (χ1v) is 11.8. The zero-order valence-corrected chi connectivity index (χ0v) is 20.6. The number of hydrogen-bond donors (Lipinski definition) is 4. The molecule has 0 heterocycles. The van der Waals surface area contributed by atoms with Crippen molar-refractivity contribution in [2.45, 2.75) is 31.7 Å². The third-order valence-electron chi connectivity index (χ3n) is 5.89. The zero-order valence-electron chi connectivity index (χ0n) is 19.1. The Kier molecular flexibility index (Phi) is 8.64. The molecule has 0 bridgehead atoms. The molecule has 6 nitrogen and oxygen atoms in total. The number of carbonyl (C=O) groups excluding carboxylic acids is 1. The Hall–Kier alpha value is -2.70. The van der Waals surface area contributed by atoms with Gasteiger partial charge >= 0.3 is 0 Å². The third-order valence-corrected chi connectivity index (χ3v) is 6.52. The van der Waals surface area contributed by atoms with Gasteiger partial charge in [-0.25, -0.2) is 0 Å².